The maximum atomic E-state index is 12.1. The van der Waals surface area contributed by atoms with Gasteiger partial charge in [0.2, 0.25) is 11.8 Å². The Kier molecular flexibility index (Phi) is 6.71. The van der Waals surface area contributed by atoms with E-state index in [2.05, 4.69) is 10.3 Å². The topological polar surface area (TPSA) is 71.5 Å². The molecule has 0 radical (unpaired) electrons. The highest BCUT2D eigenvalue weighted by atomic mass is 16.5. The molecule has 0 atom stereocenters. The van der Waals surface area contributed by atoms with Crippen molar-refractivity contribution < 1.29 is 14.3 Å². The van der Waals surface area contributed by atoms with Gasteiger partial charge in [0.1, 0.15) is 5.75 Å². The number of amides is 2. The summed E-state index contributed by atoms with van der Waals surface area (Å²) in [4.78, 5) is 29.5. The summed E-state index contributed by atoms with van der Waals surface area (Å²) in [6.45, 7) is 0.315. The Morgan fingerprint density at radius 3 is 2.80 bits per heavy atom. The zero-order chi connectivity index (χ0) is 18.1. The minimum atomic E-state index is -0.254. The van der Waals surface area contributed by atoms with Crippen LogP contribution < -0.4 is 10.1 Å². The average molecular weight is 339 g/mol. The third-order valence-corrected chi connectivity index (χ3v) is 3.46. The summed E-state index contributed by atoms with van der Waals surface area (Å²) in [7, 11) is 3.17. The van der Waals surface area contributed by atoms with Crippen molar-refractivity contribution in [1.29, 1.82) is 0 Å². The third-order valence-electron chi connectivity index (χ3n) is 3.46. The highest BCUT2D eigenvalue weighted by Gasteiger charge is 2.10. The Labute approximate surface area is 147 Å². The molecule has 6 heteroatoms. The summed E-state index contributed by atoms with van der Waals surface area (Å²) in [5.41, 5.74) is 1.61. The largest absolute Gasteiger partial charge is 0.497 e. The molecular formula is C19H21N3O3. The molecular weight excluding hydrogens is 318 g/mol. The van der Waals surface area contributed by atoms with Crippen molar-refractivity contribution in [1.82, 2.24) is 15.2 Å². The van der Waals surface area contributed by atoms with E-state index in [-0.39, 0.29) is 18.4 Å². The van der Waals surface area contributed by atoms with Gasteiger partial charge in [-0.25, -0.2) is 0 Å². The smallest absolute Gasteiger partial charge is 0.246 e. The number of nitrogens with one attached hydrogen (secondary N) is 1. The first kappa shape index (κ1) is 18.2. The van der Waals surface area contributed by atoms with Crippen LogP contribution in [0, 0.1) is 0 Å². The number of rotatable bonds is 7. The summed E-state index contributed by atoms with van der Waals surface area (Å²) in [6.07, 6.45) is 4.79. The van der Waals surface area contributed by atoms with Crippen molar-refractivity contribution in [3.63, 3.8) is 0 Å². The first-order valence-corrected chi connectivity index (χ1v) is 7.82. The van der Waals surface area contributed by atoms with Crippen LogP contribution in [-0.2, 0) is 16.1 Å². The lowest BCUT2D eigenvalue weighted by molar-refractivity contribution is -0.131. The van der Waals surface area contributed by atoms with Crippen LogP contribution in [0.2, 0.25) is 0 Å². The van der Waals surface area contributed by atoms with Crippen LogP contribution >= 0.6 is 0 Å². The molecule has 1 aromatic heterocycles. The standard InChI is InChI=1S/C19H21N3O3/c1-22(14-18(23)21-13-16-7-3-4-11-20-16)19(24)10-9-15-6-5-8-17(12-15)25-2/h3-12H,13-14H2,1-2H3,(H,21,23)/b10-9+. The first-order chi connectivity index (χ1) is 12.1. The number of aromatic nitrogens is 1. The summed E-state index contributed by atoms with van der Waals surface area (Å²) in [6, 6.07) is 12.9. The van der Waals surface area contributed by atoms with E-state index in [4.69, 9.17) is 4.74 Å². The molecule has 0 aliphatic rings. The van der Waals surface area contributed by atoms with Crippen molar-refractivity contribution in [2.45, 2.75) is 6.54 Å². The van der Waals surface area contributed by atoms with E-state index < -0.39 is 0 Å². The van der Waals surface area contributed by atoms with Crippen LogP contribution in [0.15, 0.2) is 54.7 Å². The van der Waals surface area contributed by atoms with Gasteiger partial charge in [-0.3, -0.25) is 14.6 Å². The minimum Gasteiger partial charge on any atom is -0.497 e. The van der Waals surface area contributed by atoms with E-state index in [9.17, 15) is 9.59 Å². The van der Waals surface area contributed by atoms with Gasteiger partial charge in [-0.1, -0.05) is 18.2 Å². The summed E-state index contributed by atoms with van der Waals surface area (Å²) >= 11 is 0. The lowest BCUT2D eigenvalue weighted by Gasteiger charge is -2.14. The van der Waals surface area contributed by atoms with Gasteiger partial charge in [-0.15, -0.1) is 0 Å². The molecule has 0 bridgehead atoms. The number of ether oxygens (including phenoxy) is 1. The number of carbonyl (C=O) groups is 2. The highest BCUT2D eigenvalue weighted by molar-refractivity contribution is 5.94. The third kappa shape index (κ3) is 6.10. The molecule has 2 rings (SSSR count). The normalized spacial score (nSPS) is 10.5. The number of nitrogens with zero attached hydrogens (tertiary/aromatic N) is 2. The number of likely N-dealkylation sites (N-methyl/N-ethyl adjacent to an activating group) is 1. The Morgan fingerprint density at radius 2 is 2.08 bits per heavy atom. The Hall–Kier alpha value is -3.15. The van der Waals surface area contributed by atoms with Crippen LogP contribution in [0.1, 0.15) is 11.3 Å². The van der Waals surface area contributed by atoms with Gasteiger partial charge >= 0.3 is 0 Å². The van der Waals surface area contributed by atoms with Crippen molar-refractivity contribution in [3.8, 4) is 5.75 Å². The summed E-state index contributed by atoms with van der Waals surface area (Å²) in [5.74, 6) is 0.226. The lowest BCUT2D eigenvalue weighted by atomic mass is 10.2. The fourth-order valence-electron chi connectivity index (χ4n) is 2.08. The van der Waals surface area contributed by atoms with Crippen molar-refractivity contribution in [2.24, 2.45) is 0 Å². The van der Waals surface area contributed by atoms with E-state index >= 15 is 0 Å². The monoisotopic (exact) mass is 339 g/mol. The molecule has 0 aliphatic carbocycles. The second kappa shape index (κ2) is 9.22. The number of benzene rings is 1. The number of methoxy groups -OCH3 is 1. The molecule has 0 spiro atoms. The molecule has 0 fully saturated rings. The lowest BCUT2D eigenvalue weighted by Crippen LogP contribution is -2.37. The second-order valence-corrected chi connectivity index (χ2v) is 5.40. The van der Waals surface area contributed by atoms with Gasteiger partial charge in [0.25, 0.3) is 0 Å². The van der Waals surface area contributed by atoms with E-state index in [0.717, 1.165) is 17.0 Å². The summed E-state index contributed by atoms with van der Waals surface area (Å²) < 4.78 is 5.14. The molecule has 1 aromatic carbocycles. The predicted molar refractivity (Wildman–Crippen MR) is 95.7 cm³/mol. The van der Waals surface area contributed by atoms with E-state index in [1.807, 2.05) is 42.5 Å². The molecule has 0 saturated carbocycles. The fourth-order valence-corrected chi connectivity index (χ4v) is 2.08. The fraction of sp³-hybridized carbons (Fsp3) is 0.211. The van der Waals surface area contributed by atoms with Gasteiger partial charge in [0, 0.05) is 19.3 Å². The summed E-state index contributed by atoms with van der Waals surface area (Å²) in [5, 5.41) is 2.74. The SMILES string of the molecule is COc1cccc(/C=C/C(=O)N(C)CC(=O)NCc2ccccn2)c1. The molecule has 1 heterocycles. The Balaban J connectivity index is 1.82. The van der Waals surface area contributed by atoms with Gasteiger partial charge in [-0.05, 0) is 35.9 Å². The molecule has 6 nitrogen and oxygen atoms in total. The molecule has 2 aromatic rings. The maximum Gasteiger partial charge on any atom is 0.246 e. The predicted octanol–water partition coefficient (Wildman–Crippen LogP) is 1.88. The van der Waals surface area contributed by atoms with Crippen LogP contribution in [0.25, 0.3) is 6.08 Å². The molecule has 0 aliphatic heterocycles. The van der Waals surface area contributed by atoms with Crippen molar-refractivity contribution in [2.75, 3.05) is 20.7 Å². The van der Waals surface area contributed by atoms with Gasteiger partial charge in [0.15, 0.2) is 0 Å². The second-order valence-electron chi connectivity index (χ2n) is 5.40. The van der Waals surface area contributed by atoms with Crippen molar-refractivity contribution in [3.05, 3.63) is 66.0 Å². The number of carbonyl (C=O) groups excluding carboxylic acids is 2. The van der Waals surface area contributed by atoms with Crippen LogP contribution in [-0.4, -0.2) is 42.4 Å². The van der Waals surface area contributed by atoms with E-state index in [1.165, 1.54) is 11.0 Å². The minimum absolute atomic E-state index is 0.0197. The van der Waals surface area contributed by atoms with Gasteiger partial charge in [0.05, 0.1) is 25.9 Å². The molecule has 2 amide bonds. The van der Waals surface area contributed by atoms with Crippen LogP contribution in [0.5, 0.6) is 5.75 Å². The van der Waals surface area contributed by atoms with E-state index in [0.29, 0.717) is 6.54 Å². The average Bonchev–Trinajstić information content (AvgIpc) is 2.65. The number of hydrogen-bond donors (Lipinski definition) is 1. The van der Waals surface area contributed by atoms with Gasteiger partial charge in [-0.2, -0.15) is 0 Å². The molecule has 0 saturated heterocycles. The van der Waals surface area contributed by atoms with Gasteiger partial charge < -0.3 is 15.0 Å². The Bertz CT molecular complexity index is 745. The first-order valence-electron chi connectivity index (χ1n) is 7.82. The molecule has 0 unspecified atom stereocenters. The quantitative estimate of drug-likeness (QED) is 0.782. The number of hydrogen-bond acceptors (Lipinski definition) is 4. The molecule has 25 heavy (non-hydrogen) atoms. The van der Waals surface area contributed by atoms with Crippen molar-refractivity contribution >= 4 is 17.9 Å². The molecule has 1 N–H and O–H groups in total. The van der Waals surface area contributed by atoms with E-state index in [1.54, 1.807) is 26.4 Å². The Morgan fingerprint density at radius 1 is 1.24 bits per heavy atom. The maximum absolute atomic E-state index is 12.1. The molecule has 130 valence electrons. The number of pyridine rings is 1. The highest BCUT2D eigenvalue weighted by Crippen LogP contribution is 2.13. The zero-order valence-electron chi connectivity index (χ0n) is 14.3. The van der Waals surface area contributed by atoms with Crippen LogP contribution in [0.4, 0.5) is 0 Å². The zero-order valence-corrected chi connectivity index (χ0v) is 14.3. The van der Waals surface area contributed by atoms with Crippen LogP contribution in [0.3, 0.4) is 0 Å².